The number of nitrogens with one attached hydrogen (secondary N) is 1. The number of carbonyl (C=O) groups excluding carboxylic acids is 1. The van der Waals surface area contributed by atoms with Crippen LogP contribution in [-0.4, -0.2) is 16.4 Å². The van der Waals surface area contributed by atoms with E-state index in [1.807, 2.05) is 0 Å². The normalized spacial score (nSPS) is 11.2. The van der Waals surface area contributed by atoms with Gasteiger partial charge in [0.25, 0.3) is 0 Å². The average Bonchev–Trinajstić information content (AvgIpc) is 2.44. The Balaban J connectivity index is 2.34. The van der Waals surface area contributed by atoms with E-state index < -0.39 is 17.6 Å². The van der Waals surface area contributed by atoms with Gasteiger partial charge in [-0.15, -0.1) is 0 Å². The second kappa shape index (κ2) is 5.86. The van der Waals surface area contributed by atoms with Gasteiger partial charge in [-0.25, -0.2) is 14.4 Å². The number of carbonyl (C=O) groups is 1. The minimum atomic E-state index is -4.74. The number of hydrogen-bond donors (Lipinski definition) is 1. The lowest BCUT2D eigenvalue weighted by Gasteiger charge is -2.09. The highest BCUT2D eigenvalue weighted by Gasteiger charge is 2.33. The van der Waals surface area contributed by atoms with Crippen LogP contribution in [0.2, 0.25) is 0 Å². The third-order valence-electron chi connectivity index (χ3n) is 2.66. The van der Waals surface area contributed by atoms with Crippen LogP contribution in [-0.2, 0) is 17.5 Å². The molecule has 1 aromatic heterocycles. The molecule has 0 aliphatic carbocycles. The Morgan fingerprint density at radius 1 is 1.19 bits per heavy atom. The number of nitrogens with zero attached hydrogens (tertiary/aromatic N) is 2. The summed E-state index contributed by atoms with van der Waals surface area (Å²) >= 11 is 0. The Kier molecular flexibility index (Phi) is 4.15. The third kappa shape index (κ3) is 3.53. The van der Waals surface area contributed by atoms with Crippen molar-refractivity contribution in [1.29, 1.82) is 0 Å². The molecule has 110 valence electrons. The molecule has 0 aliphatic heterocycles. The number of hydrogen-bond acceptors (Lipinski definition) is 3. The molecule has 0 saturated heterocycles. The van der Waals surface area contributed by atoms with E-state index in [1.165, 1.54) is 12.4 Å². The van der Waals surface area contributed by atoms with Crippen molar-refractivity contribution in [1.82, 2.24) is 15.3 Å². The van der Waals surface area contributed by atoms with Crippen LogP contribution in [0.25, 0.3) is 11.3 Å². The van der Waals surface area contributed by atoms with Crippen molar-refractivity contribution in [2.75, 3.05) is 0 Å². The van der Waals surface area contributed by atoms with Gasteiger partial charge in [0.05, 0.1) is 23.5 Å². The summed E-state index contributed by atoms with van der Waals surface area (Å²) in [4.78, 5) is 17.9. The van der Waals surface area contributed by atoms with Crippen molar-refractivity contribution in [3.63, 3.8) is 0 Å². The average molecular weight is 299 g/mol. The highest BCUT2D eigenvalue weighted by Crippen LogP contribution is 2.33. The van der Waals surface area contributed by atoms with Gasteiger partial charge in [-0.2, -0.15) is 13.2 Å². The van der Waals surface area contributed by atoms with Gasteiger partial charge in [0.1, 0.15) is 12.1 Å². The fraction of sp³-hybridized carbons (Fsp3) is 0.154. The first-order chi connectivity index (χ1) is 9.91. The third-order valence-corrected chi connectivity index (χ3v) is 2.66. The van der Waals surface area contributed by atoms with E-state index in [1.54, 1.807) is 0 Å². The topological polar surface area (TPSA) is 54.9 Å². The van der Waals surface area contributed by atoms with E-state index in [9.17, 15) is 22.4 Å². The molecule has 0 saturated carbocycles. The zero-order chi connectivity index (χ0) is 15.5. The quantitative estimate of drug-likeness (QED) is 0.697. The monoisotopic (exact) mass is 299 g/mol. The number of rotatable bonds is 4. The molecule has 0 unspecified atom stereocenters. The molecular formula is C13H9F4N3O. The van der Waals surface area contributed by atoms with Crippen LogP contribution in [0.5, 0.6) is 0 Å². The van der Waals surface area contributed by atoms with Gasteiger partial charge < -0.3 is 5.32 Å². The van der Waals surface area contributed by atoms with Crippen molar-refractivity contribution in [2.45, 2.75) is 12.7 Å². The standard InChI is InChI=1S/C13H9F4N3O/c14-11-3-8(1-2-10(11)13(15,16)17)12-4-9(5-18-7-21)19-6-20-12/h1-4,6-7H,5H2,(H,18,21). The minimum absolute atomic E-state index is 0.141. The van der Waals surface area contributed by atoms with E-state index >= 15 is 0 Å². The summed E-state index contributed by atoms with van der Waals surface area (Å²) in [5, 5.41) is 2.39. The predicted octanol–water partition coefficient (Wildman–Crippen LogP) is 2.55. The zero-order valence-corrected chi connectivity index (χ0v) is 10.5. The van der Waals surface area contributed by atoms with Gasteiger partial charge in [0.15, 0.2) is 0 Å². The molecule has 1 aromatic carbocycles. The van der Waals surface area contributed by atoms with Crippen LogP contribution in [0.15, 0.2) is 30.6 Å². The van der Waals surface area contributed by atoms with Crippen molar-refractivity contribution in [2.24, 2.45) is 0 Å². The van der Waals surface area contributed by atoms with Crippen molar-refractivity contribution >= 4 is 6.41 Å². The number of aromatic nitrogens is 2. The van der Waals surface area contributed by atoms with Crippen molar-refractivity contribution < 1.29 is 22.4 Å². The summed E-state index contributed by atoms with van der Waals surface area (Å²) < 4.78 is 51.0. The Bertz CT molecular complexity index is 658. The molecule has 2 rings (SSSR count). The molecule has 0 fully saturated rings. The second-order valence-electron chi connectivity index (χ2n) is 4.09. The molecule has 2 aromatic rings. The highest BCUT2D eigenvalue weighted by atomic mass is 19.4. The molecular weight excluding hydrogens is 290 g/mol. The van der Waals surface area contributed by atoms with Crippen molar-refractivity contribution in [3.05, 3.63) is 47.7 Å². The Morgan fingerprint density at radius 2 is 1.95 bits per heavy atom. The lowest BCUT2D eigenvalue weighted by molar-refractivity contribution is -0.140. The first kappa shape index (κ1) is 14.9. The Labute approximate surface area is 116 Å². The van der Waals surface area contributed by atoms with Gasteiger partial charge in [0, 0.05) is 5.56 Å². The maximum Gasteiger partial charge on any atom is 0.419 e. The van der Waals surface area contributed by atoms with Gasteiger partial charge in [-0.3, -0.25) is 4.79 Å². The molecule has 8 heteroatoms. The van der Waals surface area contributed by atoms with Gasteiger partial charge in [0.2, 0.25) is 6.41 Å². The van der Waals surface area contributed by atoms with Gasteiger partial charge >= 0.3 is 6.18 Å². The number of amides is 1. The van der Waals surface area contributed by atoms with Gasteiger partial charge in [-0.05, 0) is 18.2 Å². The Hall–Kier alpha value is -2.51. The minimum Gasteiger partial charge on any atom is -0.353 e. The molecule has 0 atom stereocenters. The smallest absolute Gasteiger partial charge is 0.353 e. The summed E-state index contributed by atoms with van der Waals surface area (Å²) in [5.74, 6) is -1.37. The molecule has 0 spiro atoms. The lowest BCUT2D eigenvalue weighted by atomic mass is 10.1. The molecule has 0 radical (unpaired) electrons. The fourth-order valence-corrected chi connectivity index (χ4v) is 1.70. The maximum absolute atomic E-state index is 13.5. The summed E-state index contributed by atoms with van der Waals surface area (Å²) in [7, 11) is 0. The summed E-state index contributed by atoms with van der Waals surface area (Å²) in [6.45, 7) is 0.141. The highest BCUT2D eigenvalue weighted by molar-refractivity contribution is 5.60. The molecule has 0 aliphatic rings. The molecule has 1 N–H and O–H groups in total. The number of alkyl halides is 3. The van der Waals surface area contributed by atoms with Crippen LogP contribution in [0.1, 0.15) is 11.3 Å². The summed E-state index contributed by atoms with van der Waals surface area (Å²) in [5.41, 5.74) is -0.425. The Morgan fingerprint density at radius 3 is 2.57 bits per heavy atom. The van der Waals surface area contributed by atoms with Crippen LogP contribution in [0, 0.1) is 5.82 Å². The van der Waals surface area contributed by atoms with E-state index in [0.29, 0.717) is 18.2 Å². The zero-order valence-electron chi connectivity index (χ0n) is 10.5. The van der Waals surface area contributed by atoms with Crippen LogP contribution >= 0.6 is 0 Å². The largest absolute Gasteiger partial charge is 0.419 e. The molecule has 21 heavy (non-hydrogen) atoms. The van der Waals surface area contributed by atoms with Crippen LogP contribution < -0.4 is 5.32 Å². The molecule has 1 heterocycles. The first-order valence-corrected chi connectivity index (χ1v) is 5.77. The van der Waals surface area contributed by atoms with Crippen LogP contribution in [0.4, 0.5) is 17.6 Å². The predicted molar refractivity (Wildman–Crippen MR) is 65.3 cm³/mol. The van der Waals surface area contributed by atoms with Crippen molar-refractivity contribution in [3.8, 4) is 11.3 Å². The SMILES string of the molecule is O=CNCc1cc(-c2ccc(C(F)(F)F)c(F)c2)ncn1. The second-order valence-corrected chi connectivity index (χ2v) is 4.09. The number of halogens is 4. The molecule has 1 amide bonds. The van der Waals surface area contributed by atoms with E-state index in [-0.39, 0.29) is 17.8 Å². The number of benzene rings is 1. The van der Waals surface area contributed by atoms with E-state index in [0.717, 1.165) is 12.1 Å². The molecule has 4 nitrogen and oxygen atoms in total. The summed E-state index contributed by atoms with van der Waals surface area (Å²) in [6.07, 6.45) is -3.07. The van der Waals surface area contributed by atoms with Gasteiger partial charge in [-0.1, -0.05) is 6.07 Å². The van der Waals surface area contributed by atoms with Crippen LogP contribution in [0.3, 0.4) is 0 Å². The lowest BCUT2D eigenvalue weighted by Crippen LogP contribution is -2.11. The maximum atomic E-state index is 13.5. The first-order valence-electron chi connectivity index (χ1n) is 5.77. The fourth-order valence-electron chi connectivity index (χ4n) is 1.70. The van der Waals surface area contributed by atoms with E-state index in [4.69, 9.17) is 0 Å². The van der Waals surface area contributed by atoms with E-state index in [2.05, 4.69) is 15.3 Å². The molecule has 0 bridgehead atoms. The summed E-state index contributed by atoms with van der Waals surface area (Å²) in [6, 6.07) is 4.02.